The third-order valence-corrected chi connectivity index (χ3v) is 2.05. The van der Waals surface area contributed by atoms with Crippen LogP contribution in [0.1, 0.15) is 22.3 Å². The van der Waals surface area contributed by atoms with E-state index >= 15 is 0 Å². The normalized spacial score (nSPS) is 13.8. The zero-order chi connectivity index (χ0) is 15.2. The van der Waals surface area contributed by atoms with Gasteiger partial charge in [0.1, 0.15) is 0 Å². The molecule has 0 aliphatic rings. The summed E-state index contributed by atoms with van der Waals surface area (Å²) >= 11 is 0. The number of hydrogen-bond acceptors (Lipinski definition) is 0. The molecule has 1 aromatic carbocycles. The van der Waals surface area contributed by atoms with E-state index in [-0.39, 0.29) is 12.1 Å². The minimum atomic E-state index is -5.82. The fourth-order valence-corrected chi connectivity index (χ4v) is 1.42. The summed E-state index contributed by atoms with van der Waals surface area (Å²) in [6, 6.07) is -0.365. The molecule has 9 heteroatoms. The monoisotopic (exact) mass is 294 g/mol. The van der Waals surface area contributed by atoms with Gasteiger partial charge in [0.15, 0.2) is 0 Å². The Morgan fingerprint density at radius 3 is 1.16 bits per heavy atom. The van der Waals surface area contributed by atoms with Crippen LogP contribution in [-0.4, -0.2) is 0 Å². The molecular weight excluding hydrogens is 291 g/mol. The van der Waals surface area contributed by atoms with E-state index in [4.69, 9.17) is 6.92 Å². The highest BCUT2D eigenvalue weighted by Crippen LogP contribution is 2.46. The molecule has 0 unspecified atom stereocenters. The van der Waals surface area contributed by atoms with Gasteiger partial charge in [0, 0.05) is 0 Å². The van der Waals surface area contributed by atoms with E-state index in [9.17, 15) is 39.5 Å². The van der Waals surface area contributed by atoms with Gasteiger partial charge in [-0.3, -0.25) is 0 Å². The van der Waals surface area contributed by atoms with Gasteiger partial charge in [-0.2, -0.15) is 39.5 Å². The van der Waals surface area contributed by atoms with Crippen molar-refractivity contribution in [2.24, 2.45) is 0 Å². The van der Waals surface area contributed by atoms with Crippen molar-refractivity contribution >= 4 is 0 Å². The van der Waals surface area contributed by atoms with E-state index in [0.717, 1.165) is 0 Å². The van der Waals surface area contributed by atoms with Crippen molar-refractivity contribution in [2.75, 3.05) is 0 Å². The standard InChI is InChI=1S/C10H3F9/c1-4-2-5(8(11,12)13)7(10(17,18)19)6(3-4)9(14,15)16/h1-3H. The lowest BCUT2D eigenvalue weighted by Crippen LogP contribution is -2.23. The summed E-state index contributed by atoms with van der Waals surface area (Å²) in [6.07, 6.45) is -17.0. The van der Waals surface area contributed by atoms with Crippen LogP contribution in [0.4, 0.5) is 39.5 Å². The smallest absolute Gasteiger partial charge is 0.166 e. The number of alkyl halides is 9. The summed E-state index contributed by atoms with van der Waals surface area (Å²) in [7, 11) is 0. The maximum atomic E-state index is 12.5. The van der Waals surface area contributed by atoms with Crippen molar-refractivity contribution in [1.82, 2.24) is 0 Å². The van der Waals surface area contributed by atoms with Crippen molar-refractivity contribution in [1.29, 1.82) is 0 Å². The van der Waals surface area contributed by atoms with Crippen LogP contribution in [0.15, 0.2) is 12.1 Å². The third kappa shape index (κ3) is 3.32. The number of rotatable bonds is 0. The maximum absolute atomic E-state index is 12.5. The topological polar surface area (TPSA) is 0 Å². The second kappa shape index (κ2) is 4.31. The second-order valence-electron chi connectivity index (χ2n) is 3.48. The Kier molecular flexibility index (Phi) is 3.55. The van der Waals surface area contributed by atoms with Crippen molar-refractivity contribution in [3.8, 4) is 0 Å². The molecule has 0 nitrogen and oxygen atoms in total. The minimum Gasteiger partial charge on any atom is -0.166 e. The molecular formula is C10H3F9. The van der Waals surface area contributed by atoms with Crippen LogP contribution in [0.3, 0.4) is 0 Å². The van der Waals surface area contributed by atoms with Crippen LogP contribution >= 0.6 is 0 Å². The Morgan fingerprint density at radius 1 is 0.632 bits per heavy atom. The van der Waals surface area contributed by atoms with E-state index in [1.54, 1.807) is 0 Å². The molecule has 106 valence electrons. The first-order valence-electron chi connectivity index (χ1n) is 4.39. The Labute approximate surface area is 100 Å². The highest BCUT2D eigenvalue weighted by atomic mass is 19.4. The van der Waals surface area contributed by atoms with Crippen molar-refractivity contribution in [2.45, 2.75) is 18.5 Å². The SMILES string of the molecule is [CH]c1cc(C(F)(F)F)c(C(F)(F)F)c(C(F)(F)F)c1. The van der Waals surface area contributed by atoms with Crippen LogP contribution in [0.5, 0.6) is 0 Å². The van der Waals surface area contributed by atoms with Gasteiger partial charge in [0.2, 0.25) is 0 Å². The molecule has 0 aromatic heterocycles. The molecule has 2 radical (unpaired) electrons. The molecule has 0 heterocycles. The van der Waals surface area contributed by atoms with Gasteiger partial charge >= 0.3 is 18.5 Å². The molecule has 0 saturated heterocycles. The third-order valence-electron chi connectivity index (χ3n) is 2.05. The highest BCUT2D eigenvalue weighted by Gasteiger charge is 2.50. The van der Waals surface area contributed by atoms with Crippen LogP contribution in [0.25, 0.3) is 0 Å². The summed E-state index contributed by atoms with van der Waals surface area (Å²) in [5, 5.41) is 0. The predicted molar refractivity (Wildman–Crippen MR) is 44.9 cm³/mol. The molecule has 0 atom stereocenters. The zero-order valence-electron chi connectivity index (χ0n) is 8.63. The molecule has 0 aliphatic heterocycles. The zero-order valence-corrected chi connectivity index (χ0v) is 8.63. The van der Waals surface area contributed by atoms with Gasteiger partial charge in [0.25, 0.3) is 0 Å². The molecule has 1 aromatic rings. The first kappa shape index (κ1) is 15.6. The predicted octanol–water partition coefficient (Wildman–Crippen LogP) is 4.80. The van der Waals surface area contributed by atoms with E-state index in [2.05, 4.69) is 0 Å². The summed E-state index contributed by atoms with van der Waals surface area (Å²) in [5.74, 6) is 0. The molecule has 0 aliphatic carbocycles. The van der Waals surface area contributed by atoms with Crippen molar-refractivity contribution in [3.05, 3.63) is 41.3 Å². The lowest BCUT2D eigenvalue weighted by Gasteiger charge is -2.21. The van der Waals surface area contributed by atoms with Crippen molar-refractivity contribution < 1.29 is 39.5 Å². The Balaban J connectivity index is 3.80. The van der Waals surface area contributed by atoms with E-state index in [0.29, 0.717) is 0 Å². The van der Waals surface area contributed by atoms with Crippen molar-refractivity contribution in [3.63, 3.8) is 0 Å². The Bertz CT molecular complexity index is 440. The fourth-order valence-electron chi connectivity index (χ4n) is 1.42. The van der Waals surface area contributed by atoms with Gasteiger partial charge in [-0.05, 0) is 24.6 Å². The molecule has 0 amide bonds. The minimum absolute atomic E-state index is 0.182. The van der Waals surface area contributed by atoms with Crippen LogP contribution in [0.2, 0.25) is 0 Å². The Morgan fingerprint density at radius 2 is 0.947 bits per heavy atom. The highest BCUT2D eigenvalue weighted by molar-refractivity contribution is 5.45. The van der Waals surface area contributed by atoms with E-state index < -0.39 is 40.8 Å². The van der Waals surface area contributed by atoms with Gasteiger partial charge in [-0.25, -0.2) is 0 Å². The first-order valence-corrected chi connectivity index (χ1v) is 4.39. The molecule has 0 N–H and O–H groups in total. The second-order valence-corrected chi connectivity index (χ2v) is 3.48. The molecule has 0 fully saturated rings. The molecule has 0 spiro atoms. The summed E-state index contributed by atoms with van der Waals surface area (Å²) < 4.78 is 112. The van der Waals surface area contributed by atoms with Crippen LogP contribution in [0, 0.1) is 6.92 Å². The van der Waals surface area contributed by atoms with Crippen LogP contribution in [-0.2, 0) is 18.5 Å². The summed E-state index contributed by atoms with van der Waals surface area (Å²) in [5.41, 5.74) is -8.78. The van der Waals surface area contributed by atoms with Crippen LogP contribution < -0.4 is 0 Å². The first-order chi connectivity index (χ1) is 8.24. The lowest BCUT2D eigenvalue weighted by atomic mass is 9.96. The van der Waals surface area contributed by atoms with E-state index in [1.807, 2.05) is 0 Å². The maximum Gasteiger partial charge on any atom is 0.417 e. The molecule has 19 heavy (non-hydrogen) atoms. The molecule has 0 saturated carbocycles. The lowest BCUT2D eigenvalue weighted by molar-refractivity contribution is -0.174. The van der Waals surface area contributed by atoms with Gasteiger partial charge in [0.05, 0.1) is 16.7 Å². The average Bonchev–Trinajstić information content (AvgIpc) is 2.11. The number of halogens is 9. The average molecular weight is 294 g/mol. The molecule has 1 rings (SSSR count). The number of benzene rings is 1. The van der Waals surface area contributed by atoms with Gasteiger partial charge in [-0.15, -0.1) is 0 Å². The summed E-state index contributed by atoms with van der Waals surface area (Å²) in [4.78, 5) is 0. The van der Waals surface area contributed by atoms with E-state index in [1.165, 1.54) is 0 Å². The molecule has 0 bridgehead atoms. The largest absolute Gasteiger partial charge is 0.417 e. The fraction of sp³-hybridized carbons (Fsp3) is 0.300. The Hall–Kier alpha value is -1.41. The van der Waals surface area contributed by atoms with Gasteiger partial charge in [-0.1, -0.05) is 0 Å². The quantitative estimate of drug-likeness (QED) is 0.603. The summed E-state index contributed by atoms with van der Waals surface area (Å²) in [6.45, 7) is 4.80. The van der Waals surface area contributed by atoms with Gasteiger partial charge < -0.3 is 0 Å². The number of hydrogen-bond donors (Lipinski definition) is 0.